The summed E-state index contributed by atoms with van der Waals surface area (Å²) in [6.07, 6.45) is 1.65. The maximum Gasteiger partial charge on any atom is 0.258 e. The molecule has 0 aliphatic heterocycles. The van der Waals surface area contributed by atoms with Gasteiger partial charge in [-0.05, 0) is 84.8 Å². The van der Waals surface area contributed by atoms with Gasteiger partial charge < -0.3 is 5.32 Å². The third-order valence-electron chi connectivity index (χ3n) is 4.77. The molecule has 2 aromatic heterocycles. The molecule has 0 aliphatic rings. The fourth-order valence-corrected chi connectivity index (χ4v) is 3.92. The van der Waals surface area contributed by atoms with Crippen LogP contribution in [-0.2, 0) is 0 Å². The molecule has 156 valence electrons. The van der Waals surface area contributed by atoms with Crippen LogP contribution in [0.5, 0.6) is 0 Å². The molecule has 0 radical (unpaired) electrons. The van der Waals surface area contributed by atoms with E-state index < -0.39 is 5.82 Å². The van der Waals surface area contributed by atoms with Gasteiger partial charge in [-0.1, -0.05) is 17.8 Å². The molecular formula is C22H19FN6OS. The van der Waals surface area contributed by atoms with Crippen LogP contribution in [0.2, 0.25) is 0 Å². The van der Waals surface area contributed by atoms with Crippen LogP contribution in [0.25, 0.3) is 5.69 Å². The van der Waals surface area contributed by atoms with Crippen LogP contribution in [0.15, 0.2) is 64.6 Å². The van der Waals surface area contributed by atoms with Crippen molar-refractivity contribution in [3.05, 3.63) is 83.1 Å². The largest absolute Gasteiger partial charge is 0.322 e. The van der Waals surface area contributed by atoms with Crippen LogP contribution in [0.4, 0.5) is 10.1 Å². The van der Waals surface area contributed by atoms with E-state index in [0.717, 1.165) is 4.90 Å². The molecule has 0 saturated carbocycles. The minimum atomic E-state index is -0.499. The molecule has 1 amide bonds. The van der Waals surface area contributed by atoms with Crippen molar-refractivity contribution in [3.8, 4) is 5.69 Å². The molecule has 2 aromatic carbocycles. The van der Waals surface area contributed by atoms with E-state index in [1.165, 1.54) is 45.8 Å². The van der Waals surface area contributed by atoms with Gasteiger partial charge in [-0.15, -0.1) is 5.10 Å². The molecule has 0 aliphatic carbocycles. The van der Waals surface area contributed by atoms with E-state index in [9.17, 15) is 9.18 Å². The summed E-state index contributed by atoms with van der Waals surface area (Å²) in [6, 6.07) is 13.8. The van der Waals surface area contributed by atoms with Crippen molar-refractivity contribution in [3.63, 3.8) is 0 Å². The zero-order valence-corrected chi connectivity index (χ0v) is 17.9. The topological polar surface area (TPSA) is 85.6 Å². The third-order valence-corrected chi connectivity index (χ3v) is 5.77. The number of tetrazole rings is 1. The molecule has 7 nitrogen and oxygen atoms in total. The van der Waals surface area contributed by atoms with Gasteiger partial charge in [-0.3, -0.25) is 4.79 Å². The number of nitrogens with zero attached hydrogens (tertiary/aromatic N) is 5. The van der Waals surface area contributed by atoms with Gasteiger partial charge in [0.25, 0.3) is 5.91 Å². The molecule has 9 heteroatoms. The zero-order valence-electron chi connectivity index (χ0n) is 17.1. The second-order valence-corrected chi connectivity index (χ2v) is 8.02. The number of hydrogen-bond acceptors (Lipinski definition) is 6. The Morgan fingerprint density at radius 2 is 1.90 bits per heavy atom. The summed E-state index contributed by atoms with van der Waals surface area (Å²) < 4.78 is 15.6. The minimum Gasteiger partial charge on any atom is -0.322 e. The number of nitrogens with one attached hydrogen (secondary N) is 1. The number of anilines is 1. The molecule has 0 fully saturated rings. The number of rotatable bonds is 5. The van der Waals surface area contributed by atoms with Gasteiger partial charge in [0.15, 0.2) is 5.82 Å². The molecule has 0 spiro atoms. The molecule has 2 heterocycles. The van der Waals surface area contributed by atoms with Gasteiger partial charge in [0.1, 0.15) is 16.5 Å². The van der Waals surface area contributed by atoms with E-state index in [4.69, 9.17) is 0 Å². The Morgan fingerprint density at radius 1 is 1.06 bits per heavy atom. The van der Waals surface area contributed by atoms with Crippen LogP contribution >= 0.6 is 11.8 Å². The fraction of sp³-hybridized carbons (Fsp3) is 0.136. The summed E-state index contributed by atoms with van der Waals surface area (Å²) in [4.78, 5) is 18.4. The predicted molar refractivity (Wildman–Crippen MR) is 116 cm³/mol. The number of pyridine rings is 1. The highest BCUT2D eigenvalue weighted by Gasteiger charge is 2.16. The zero-order chi connectivity index (χ0) is 22.0. The highest BCUT2D eigenvalue weighted by molar-refractivity contribution is 7.99. The van der Waals surface area contributed by atoms with Gasteiger partial charge in [-0.2, -0.15) is 4.68 Å². The first-order chi connectivity index (χ1) is 14.9. The van der Waals surface area contributed by atoms with Gasteiger partial charge >= 0.3 is 0 Å². The van der Waals surface area contributed by atoms with E-state index in [-0.39, 0.29) is 11.6 Å². The molecule has 31 heavy (non-hydrogen) atoms. The summed E-state index contributed by atoms with van der Waals surface area (Å²) >= 11 is 1.42. The Bertz CT molecular complexity index is 1270. The lowest BCUT2D eigenvalue weighted by Gasteiger charge is -2.11. The second kappa shape index (κ2) is 8.65. The van der Waals surface area contributed by atoms with E-state index in [1.54, 1.807) is 25.3 Å². The summed E-state index contributed by atoms with van der Waals surface area (Å²) in [5.74, 6) is -0.409. The SMILES string of the molecule is Cc1ccc(Sc2ncccc2C(=O)Nc2ccc(F)c(-n3nnnc3C)c2)cc1C. The predicted octanol–water partition coefficient (Wildman–Crippen LogP) is 4.53. The fourth-order valence-electron chi connectivity index (χ4n) is 2.94. The summed E-state index contributed by atoms with van der Waals surface area (Å²) in [7, 11) is 0. The van der Waals surface area contributed by atoms with Gasteiger partial charge in [0.05, 0.1) is 5.56 Å². The first-order valence-electron chi connectivity index (χ1n) is 9.49. The maximum absolute atomic E-state index is 14.3. The van der Waals surface area contributed by atoms with Crippen LogP contribution in [0.1, 0.15) is 27.3 Å². The summed E-state index contributed by atoms with van der Waals surface area (Å²) in [5, 5.41) is 14.5. The van der Waals surface area contributed by atoms with Crippen LogP contribution in [0.3, 0.4) is 0 Å². The number of benzene rings is 2. The standard InChI is InChI=1S/C22H19FN6OS/c1-13-6-8-17(11-14(13)2)31-22-18(5-4-10-24-22)21(30)25-16-7-9-19(23)20(12-16)29-15(3)26-27-28-29/h4-12H,1-3H3,(H,25,30). The molecule has 0 bridgehead atoms. The van der Waals surface area contributed by atoms with Crippen LogP contribution in [0, 0.1) is 26.6 Å². The third kappa shape index (κ3) is 4.46. The van der Waals surface area contributed by atoms with E-state index in [0.29, 0.717) is 22.1 Å². The first-order valence-corrected chi connectivity index (χ1v) is 10.3. The number of aryl methyl sites for hydroxylation is 3. The maximum atomic E-state index is 14.3. The monoisotopic (exact) mass is 434 g/mol. The first kappa shape index (κ1) is 20.7. The van der Waals surface area contributed by atoms with Crippen molar-refractivity contribution < 1.29 is 9.18 Å². The van der Waals surface area contributed by atoms with E-state index >= 15 is 0 Å². The number of amides is 1. The van der Waals surface area contributed by atoms with Gasteiger partial charge in [0.2, 0.25) is 0 Å². The highest BCUT2D eigenvalue weighted by atomic mass is 32.2. The van der Waals surface area contributed by atoms with Crippen molar-refractivity contribution in [2.75, 3.05) is 5.32 Å². The minimum absolute atomic E-state index is 0.149. The lowest BCUT2D eigenvalue weighted by Crippen LogP contribution is -2.14. The van der Waals surface area contributed by atoms with E-state index in [2.05, 4.69) is 38.8 Å². The lowest BCUT2D eigenvalue weighted by atomic mass is 10.1. The summed E-state index contributed by atoms with van der Waals surface area (Å²) in [6.45, 7) is 5.76. The molecule has 1 N–H and O–H groups in total. The normalized spacial score (nSPS) is 10.8. The van der Waals surface area contributed by atoms with Crippen LogP contribution in [-0.4, -0.2) is 31.1 Å². The molecule has 0 atom stereocenters. The molecule has 0 saturated heterocycles. The molecule has 4 aromatic rings. The number of halogens is 1. The smallest absolute Gasteiger partial charge is 0.258 e. The van der Waals surface area contributed by atoms with Crippen molar-refractivity contribution in [1.29, 1.82) is 0 Å². The Morgan fingerprint density at radius 3 is 2.65 bits per heavy atom. The van der Waals surface area contributed by atoms with Crippen molar-refractivity contribution >= 4 is 23.4 Å². The Kier molecular flexibility index (Phi) is 5.77. The summed E-state index contributed by atoms with van der Waals surface area (Å²) in [5.41, 5.74) is 3.37. The number of hydrogen-bond donors (Lipinski definition) is 1. The highest BCUT2D eigenvalue weighted by Crippen LogP contribution is 2.30. The number of aromatic nitrogens is 5. The number of carbonyl (C=O) groups is 1. The lowest BCUT2D eigenvalue weighted by molar-refractivity contribution is 0.102. The average Bonchev–Trinajstić information content (AvgIpc) is 3.18. The van der Waals surface area contributed by atoms with E-state index in [1.807, 2.05) is 19.1 Å². The molecule has 0 unspecified atom stereocenters. The Hall–Kier alpha value is -3.59. The Balaban J connectivity index is 1.60. The van der Waals surface area contributed by atoms with Crippen LogP contribution < -0.4 is 5.32 Å². The second-order valence-electron chi connectivity index (χ2n) is 6.96. The van der Waals surface area contributed by atoms with Gasteiger partial charge in [0, 0.05) is 16.8 Å². The Labute approximate surface area is 182 Å². The van der Waals surface area contributed by atoms with Crippen molar-refractivity contribution in [2.24, 2.45) is 0 Å². The molecule has 4 rings (SSSR count). The quantitative estimate of drug-likeness (QED) is 0.497. The van der Waals surface area contributed by atoms with Crippen molar-refractivity contribution in [1.82, 2.24) is 25.2 Å². The van der Waals surface area contributed by atoms with Gasteiger partial charge in [-0.25, -0.2) is 9.37 Å². The van der Waals surface area contributed by atoms with Crippen molar-refractivity contribution in [2.45, 2.75) is 30.7 Å². The molecular weight excluding hydrogens is 415 g/mol. The average molecular weight is 435 g/mol. The number of carbonyl (C=O) groups excluding carboxylic acids is 1.